The minimum Gasteiger partial charge on any atom is -0.496 e. The summed E-state index contributed by atoms with van der Waals surface area (Å²) in [5.41, 5.74) is 2.57. The molecule has 46 heavy (non-hydrogen) atoms. The number of amides is 1. The van der Waals surface area contributed by atoms with Crippen LogP contribution < -0.4 is 14.8 Å². The van der Waals surface area contributed by atoms with Crippen molar-refractivity contribution in [3.63, 3.8) is 0 Å². The van der Waals surface area contributed by atoms with Gasteiger partial charge in [0.15, 0.2) is 5.82 Å². The molecule has 3 N–H and O–H groups in total. The lowest BCUT2D eigenvalue weighted by Crippen LogP contribution is -2.36. The average molecular weight is 706 g/mol. The Morgan fingerprint density at radius 2 is 1.78 bits per heavy atom. The van der Waals surface area contributed by atoms with Crippen molar-refractivity contribution >= 4 is 61.6 Å². The Balaban J connectivity index is 0.000000738. The van der Waals surface area contributed by atoms with Crippen molar-refractivity contribution in [1.29, 1.82) is 0 Å². The molecule has 0 spiro atoms. The predicted octanol–water partition coefficient (Wildman–Crippen LogP) is 4.44. The number of rotatable bonds is 13. The van der Waals surface area contributed by atoms with E-state index in [2.05, 4.69) is 15.1 Å². The van der Waals surface area contributed by atoms with E-state index >= 15 is 0 Å². The zero-order chi connectivity index (χ0) is 34.1. The van der Waals surface area contributed by atoms with Crippen LogP contribution in [0.15, 0.2) is 58.8 Å². The van der Waals surface area contributed by atoms with Gasteiger partial charge in [-0.2, -0.15) is 18.3 Å². The van der Waals surface area contributed by atoms with Crippen molar-refractivity contribution in [1.82, 2.24) is 20.0 Å². The Morgan fingerprint density at radius 1 is 1.11 bits per heavy atom. The number of carbonyl (C=O) groups is 2. The highest BCUT2D eigenvalue weighted by molar-refractivity contribution is 7.94. The summed E-state index contributed by atoms with van der Waals surface area (Å²) in [4.78, 5) is 23.1. The van der Waals surface area contributed by atoms with Gasteiger partial charge in [0.25, 0.3) is 10.0 Å². The molecule has 0 aliphatic carbocycles. The van der Waals surface area contributed by atoms with Crippen LogP contribution >= 0.6 is 22.9 Å². The van der Waals surface area contributed by atoms with Crippen LogP contribution in [0.1, 0.15) is 11.1 Å². The van der Waals surface area contributed by atoms with Gasteiger partial charge in [-0.05, 0) is 42.4 Å². The summed E-state index contributed by atoms with van der Waals surface area (Å²) in [6.07, 6.45) is -5.08. The number of anilines is 1. The first kappa shape index (κ1) is 36.6. The highest BCUT2D eigenvalue weighted by atomic mass is 35.5. The fraction of sp³-hybridized carbons (Fsp3) is 0.321. The number of ether oxygens (including phenoxy) is 2. The van der Waals surface area contributed by atoms with E-state index < -0.39 is 22.2 Å². The quantitative estimate of drug-likeness (QED) is 0.183. The SMILES string of the molecule is COCCN(C)CC(=O)NCc1cccc(Cn2nc(NS(=O)(=O)c3ccc(Cl)s3)c3c(OC)cccc32)c1.O=C(O)C(F)(F)F. The molecule has 0 radical (unpaired) electrons. The number of aromatic nitrogens is 2. The maximum absolute atomic E-state index is 13.0. The van der Waals surface area contributed by atoms with E-state index in [-0.39, 0.29) is 22.5 Å². The van der Waals surface area contributed by atoms with E-state index in [9.17, 15) is 26.4 Å². The number of carbonyl (C=O) groups excluding carboxylic acids is 1. The number of aliphatic carboxylic acids is 1. The molecule has 1 amide bonds. The van der Waals surface area contributed by atoms with E-state index in [0.717, 1.165) is 22.5 Å². The second-order valence-electron chi connectivity index (χ2n) is 9.65. The number of sulfonamides is 1. The van der Waals surface area contributed by atoms with Crippen molar-refractivity contribution in [2.75, 3.05) is 45.7 Å². The van der Waals surface area contributed by atoms with Gasteiger partial charge >= 0.3 is 12.1 Å². The number of alkyl halides is 3. The monoisotopic (exact) mass is 705 g/mol. The number of thiophene rings is 1. The predicted molar refractivity (Wildman–Crippen MR) is 167 cm³/mol. The molecule has 0 unspecified atom stereocenters. The Kier molecular flexibility index (Phi) is 12.8. The fourth-order valence-electron chi connectivity index (χ4n) is 4.02. The van der Waals surface area contributed by atoms with Crippen molar-refractivity contribution in [3.05, 3.63) is 70.1 Å². The third-order valence-electron chi connectivity index (χ3n) is 6.15. The highest BCUT2D eigenvalue weighted by Gasteiger charge is 2.38. The molecule has 4 rings (SSSR count). The van der Waals surface area contributed by atoms with Crippen molar-refractivity contribution in [3.8, 4) is 5.75 Å². The van der Waals surface area contributed by atoms with Gasteiger partial charge in [0.05, 0.1) is 42.0 Å². The molecule has 0 fully saturated rings. The second-order valence-corrected chi connectivity index (χ2v) is 13.3. The van der Waals surface area contributed by atoms with Crippen LogP contribution in [0.2, 0.25) is 4.34 Å². The third-order valence-corrected chi connectivity index (χ3v) is 9.21. The van der Waals surface area contributed by atoms with Crippen LogP contribution in [0.5, 0.6) is 5.75 Å². The van der Waals surface area contributed by atoms with Crippen LogP contribution in [0.3, 0.4) is 0 Å². The summed E-state index contributed by atoms with van der Waals surface area (Å²) in [6, 6.07) is 16.2. The molecule has 2 aromatic heterocycles. The van der Waals surface area contributed by atoms with E-state index in [1.165, 1.54) is 19.2 Å². The molecule has 4 aromatic rings. The first-order valence-electron chi connectivity index (χ1n) is 13.3. The molecule has 0 saturated heterocycles. The summed E-state index contributed by atoms with van der Waals surface area (Å²) in [5.74, 6) is -2.18. The number of carboxylic acids is 1. The molecule has 0 atom stereocenters. The van der Waals surface area contributed by atoms with Gasteiger partial charge in [-0.3, -0.25) is 19.1 Å². The maximum atomic E-state index is 13.0. The number of nitrogens with one attached hydrogen (secondary N) is 2. The van der Waals surface area contributed by atoms with Gasteiger partial charge in [-0.25, -0.2) is 13.2 Å². The van der Waals surface area contributed by atoms with E-state index in [4.69, 9.17) is 31.0 Å². The Bertz CT molecular complexity index is 1760. The molecular weight excluding hydrogens is 675 g/mol. The van der Waals surface area contributed by atoms with E-state index in [1.54, 1.807) is 17.9 Å². The number of carboxylic acid groups (broad SMARTS) is 1. The zero-order valence-corrected chi connectivity index (χ0v) is 27.2. The van der Waals surface area contributed by atoms with Gasteiger partial charge in [-0.1, -0.05) is 41.9 Å². The molecule has 0 bridgehead atoms. The van der Waals surface area contributed by atoms with Gasteiger partial charge in [-0.15, -0.1) is 11.3 Å². The first-order chi connectivity index (χ1) is 21.6. The number of halogens is 4. The lowest BCUT2D eigenvalue weighted by molar-refractivity contribution is -0.192. The van der Waals surface area contributed by atoms with Gasteiger partial charge in [0, 0.05) is 20.2 Å². The minimum absolute atomic E-state index is 0.0758. The van der Waals surface area contributed by atoms with Crippen molar-refractivity contribution < 1.29 is 45.8 Å². The lowest BCUT2D eigenvalue weighted by atomic mass is 10.1. The van der Waals surface area contributed by atoms with Crippen LogP contribution in [0.25, 0.3) is 10.9 Å². The number of hydrogen-bond donors (Lipinski definition) is 3. The van der Waals surface area contributed by atoms with Gasteiger partial charge < -0.3 is 19.9 Å². The molecule has 250 valence electrons. The number of methoxy groups -OCH3 is 2. The Labute approximate surface area is 271 Å². The molecule has 12 nitrogen and oxygen atoms in total. The van der Waals surface area contributed by atoms with E-state index in [0.29, 0.717) is 47.2 Å². The smallest absolute Gasteiger partial charge is 0.490 e. The molecule has 0 saturated carbocycles. The zero-order valence-electron chi connectivity index (χ0n) is 24.8. The largest absolute Gasteiger partial charge is 0.496 e. The molecule has 2 aromatic carbocycles. The first-order valence-corrected chi connectivity index (χ1v) is 16.0. The minimum atomic E-state index is -5.08. The van der Waals surface area contributed by atoms with Crippen molar-refractivity contribution in [2.45, 2.75) is 23.5 Å². The number of likely N-dealkylation sites (N-methyl/N-ethyl adjacent to an activating group) is 1. The van der Waals surface area contributed by atoms with Gasteiger partial charge in [0.1, 0.15) is 9.96 Å². The second kappa shape index (κ2) is 16.1. The molecule has 18 heteroatoms. The molecule has 2 heterocycles. The van der Waals surface area contributed by atoms with Crippen LogP contribution in [-0.4, -0.2) is 87.2 Å². The topological polar surface area (TPSA) is 152 Å². The van der Waals surface area contributed by atoms with Gasteiger partial charge in [0.2, 0.25) is 5.91 Å². The average Bonchev–Trinajstić information content (AvgIpc) is 3.58. The lowest BCUT2D eigenvalue weighted by Gasteiger charge is -2.15. The van der Waals surface area contributed by atoms with E-state index in [1.807, 2.05) is 48.3 Å². The normalized spacial score (nSPS) is 11.7. The third kappa shape index (κ3) is 10.3. The maximum Gasteiger partial charge on any atom is 0.490 e. The summed E-state index contributed by atoms with van der Waals surface area (Å²) in [5, 5.41) is 15.2. The standard InChI is InChI=1S/C26H30ClN5O5S2.C2HF3O2/c1-31(12-13-36-2)17-23(33)28-15-18-6-4-7-19(14-18)16-32-20-8-5-9-21(37-3)25(20)26(29-32)30-39(34,35)24-11-10-22(27)38-24;3-2(4,5)1(6)7/h4-11,14H,12-13,15-17H2,1-3H3,(H,28,33)(H,29,30);(H,6,7). The van der Waals surface area contributed by atoms with Crippen LogP contribution in [-0.2, 0) is 37.4 Å². The van der Waals surface area contributed by atoms with Crippen molar-refractivity contribution in [2.24, 2.45) is 0 Å². The summed E-state index contributed by atoms with van der Waals surface area (Å²) >= 11 is 6.92. The molecule has 0 aliphatic rings. The number of benzene rings is 2. The number of nitrogens with zero attached hydrogens (tertiary/aromatic N) is 3. The van der Waals surface area contributed by atoms with Crippen LogP contribution in [0, 0.1) is 0 Å². The highest BCUT2D eigenvalue weighted by Crippen LogP contribution is 2.35. The Hall–Kier alpha value is -3.90. The fourth-order valence-corrected chi connectivity index (χ4v) is 6.51. The number of hydrogen-bond acceptors (Lipinski definition) is 9. The molecule has 0 aliphatic heterocycles. The summed E-state index contributed by atoms with van der Waals surface area (Å²) < 4.78 is 73.1. The Morgan fingerprint density at radius 3 is 2.39 bits per heavy atom. The summed E-state index contributed by atoms with van der Waals surface area (Å²) in [7, 11) is 1.12. The van der Waals surface area contributed by atoms with Crippen LogP contribution in [0.4, 0.5) is 19.0 Å². The number of fused-ring (bicyclic) bond motifs is 1. The summed E-state index contributed by atoms with van der Waals surface area (Å²) in [6.45, 7) is 2.26. The molecular formula is C28H31ClF3N5O7S2.